The maximum absolute atomic E-state index is 11.0. The third kappa shape index (κ3) is 2.57. The minimum Gasteiger partial charge on any atom is -0.480 e. The maximum Gasteiger partial charge on any atom is 0.327 e. The summed E-state index contributed by atoms with van der Waals surface area (Å²) in [6, 6.07) is 7.27. The van der Waals surface area contributed by atoms with E-state index in [1.807, 2.05) is 31.2 Å². The summed E-state index contributed by atoms with van der Waals surface area (Å²) in [4.78, 5) is 15.4. The summed E-state index contributed by atoms with van der Waals surface area (Å²) in [6.45, 7) is 2.03. The molecule has 1 atom stereocenters. The Morgan fingerprint density at radius 2 is 2.06 bits per heavy atom. The van der Waals surface area contributed by atoms with Crippen molar-refractivity contribution in [3.8, 4) is 10.6 Å². The number of thiazole rings is 1. The summed E-state index contributed by atoms with van der Waals surface area (Å²) in [7, 11) is 1.61. The minimum absolute atomic E-state index is 0.547. The number of nitrogens with zero attached hydrogens (tertiary/aromatic N) is 1. The van der Waals surface area contributed by atoms with Crippen molar-refractivity contribution < 1.29 is 9.90 Å². The molecule has 4 nitrogen and oxygen atoms in total. The zero-order chi connectivity index (χ0) is 13.1. The quantitative estimate of drug-likeness (QED) is 0.888. The van der Waals surface area contributed by atoms with Gasteiger partial charge >= 0.3 is 5.97 Å². The molecule has 2 aromatic rings. The van der Waals surface area contributed by atoms with E-state index in [0.717, 1.165) is 10.6 Å². The van der Waals surface area contributed by atoms with Crippen LogP contribution >= 0.6 is 11.3 Å². The Morgan fingerprint density at radius 1 is 1.39 bits per heavy atom. The summed E-state index contributed by atoms with van der Waals surface area (Å²) in [5, 5.41) is 14.4. The van der Waals surface area contributed by atoms with Crippen LogP contribution in [0.25, 0.3) is 10.6 Å². The molecular formula is C13H14N2O2S. The molecule has 2 N–H and O–H groups in total. The van der Waals surface area contributed by atoms with Gasteiger partial charge in [-0.1, -0.05) is 29.8 Å². The SMILES string of the molecule is CNC(C(=O)O)c1csc(-c2ccc(C)cc2)n1. The zero-order valence-corrected chi connectivity index (χ0v) is 11.0. The molecule has 0 radical (unpaired) electrons. The highest BCUT2D eigenvalue weighted by Crippen LogP contribution is 2.26. The monoisotopic (exact) mass is 262 g/mol. The van der Waals surface area contributed by atoms with Gasteiger partial charge in [0.05, 0.1) is 5.69 Å². The van der Waals surface area contributed by atoms with Crippen molar-refractivity contribution in [2.24, 2.45) is 0 Å². The number of likely N-dealkylation sites (N-methyl/N-ethyl adjacent to an activating group) is 1. The van der Waals surface area contributed by atoms with Crippen molar-refractivity contribution in [2.45, 2.75) is 13.0 Å². The van der Waals surface area contributed by atoms with Gasteiger partial charge in [-0.25, -0.2) is 4.98 Å². The van der Waals surface area contributed by atoms with E-state index in [0.29, 0.717) is 5.69 Å². The second-order valence-electron chi connectivity index (χ2n) is 4.00. The standard InChI is InChI=1S/C13H14N2O2S/c1-8-3-5-9(6-4-8)12-15-10(7-18-12)11(14-2)13(16)17/h3-7,11,14H,1-2H3,(H,16,17). The van der Waals surface area contributed by atoms with Gasteiger partial charge in [-0.2, -0.15) is 0 Å². The molecule has 0 saturated heterocycles. The Hall–Kier alpha value is -1.72. The van der Waals surface area contributed by atoms with Crippen molar-refractivity contribution in [3.05, 3.63) is 40.9 Å². The molecule has 0 spiro atoms. The van der Waals surface area contributed by atoms with Crippen LogP contribution < -0.4 is 5.32 Å². The van der Waals surface area contributed by atoms with Crippen molar-refractivity contribution >= 4 is 17.3 Å². The number of hydrogen-bond donors (Lipinski definition) is 2. The third-order valence-corrected chi connectivity index (χ3v) is 3.56. The lowest BCUT2D eigenvalue weighted by Gasteiger charge is -2.06. The molecule has 0 bridgehead atoms. The van der Waals surface area contributed by atoms with Crippen LogP contribution in [0.15, 0.2) is 29.6 Å². The van der Waals surface area contributed by atoms with Crippen LogP contribution in [0.2, 0.25) is 0 Å². The lowest BCUT2D eigenvalue weighted by molar-refractivity contribution is -0.139. The van der Waals surface area contributed by atoms with Gasteiger partial charge in [0, 0.05) is 10.9 Å². The molecule has 0 aliphatic carbocycles. The first kappa shape index (κ1) is 12.7. The molecule has 2 rings (SSSR count). The van der Waals surface area contributed by atoms with Crippen molar-refractivity contribution in [3.63, 3.8) is 0 Å². The highest BCUT2D eigenvalue weighted by Gasteiger charge is 2.20. The first-order valence-electron chi connectivity index (χ1n) is 5.54. The predicted molar refractivity (Wildman–Crippen MR) is 71.7 cm³/mol. The molecule has 18 heavy (non-hydrogen) atoms. The second-order valence-corrected chi connectivity index (χ2v) is 4.86. The summed E-state index contributed by atoms with van der Waals surface area (Å²) in [5.74, 6) is -0.918. The highest BCUT2D eigenvalue weighted by molar-refractivity contribution is 7.13. The van der Waals surface area contributed by atoms with Gasteiger partial charge in [0.2, 0.25) is 0 Å². The van der Waals surface area contributed by atoms with Gasteiger partial charge in [0.25, 0.3) is 0 Å². The molecular weight excluding hydrogens is 248 g/mol. The summed E-state index contributed by atoms with van der Waals surface area (Å²) >= 11 is 1.46. The Labute approximate surface area is 109 Å². The van der Waals surface area contributed by atoms with Gasteiger partial charge in [-0.05, 0) is 14.0 Å². The van der Waals surface area contributed by atoms with Gasteiger partial charge < -0.3 is 10.4 Å². The molecule has 0 fully saturated rings. The fraction of sp³-hybridized carbons (Fsp3) is 0.231. The highest BCUT2D eigenvalue weighted by atomic mass is 32.1. The Balaban J connectivity index is 2.30. The number of aryl methyl sites for hydroxylation is 1. The van der Waals surface area contributed by atoms with E-state index < -0.39 is 12.0 Å². The molecule has 0 aliphatic rings. The molecule has 0 aliphatic heterocycles. The van der Waals surface area contributed by atoms with Crippen LogP contribution in [0, 0.1) is 6.92 Å². The molecule has 1 heterocycles. The predicted octanol–water partition coefficient (Wildman–Crippen LogP) is 2.46. The third-order valence-electron chi connectivity index (χ3n) is 2.65. The first-order chi connectivity index (χ1) is 8.61. The lowest BCUT2D eigenvalue weighted by atomic mass is 10.1. The Bertz CT molecular complexity index is 548. The second kappa shape index (κ2) is 5.29. The topological polar surface area (TPSA) is 62.2 Å². The number of aromatic nitrogens is 1. The number of carbonyl (C=O) groups is 1. The average Bonchev–Trinajstić information content (AvgIpc) is 2.80. The van der Waals surface area contributed by atoms with Gasteiger partial charge in [0.15, 0.2) is 0 Å². The van der Waals surface area contributed by atoms with Crippen LogP contribution in [-0.4, -0.2) is 23.1 Å². The fourth-order valence-electron chi connectivity index (χ4n) is 1.65. The number of carboxylic acids is 1. The molecule has 1 unspecified atom stereocenters. The average molecular weight is 262 g/mol. The van der Waals surface area contributed by atoms with Gasteiger partial charge in [-0.3, -0.25) is 4.79 Å². The van der Waals surface area contributed by atoms with Crippen molar-refractivity contribution in [1.29, 1.82) is 0 Å². The molecule has 0 amide bonds. The summed E-state index contributed by atoms with van der Waals surface area (Å²) in [6.07, 6.45) is 0. The molecule has 1 aromatic carbocycles. The summed E-state index contributed by atoms with van der Waals surface area (Å²) in [5.41, 5.74) is 2.75. The number of benzene rings is 1. The maximum atomic E-state index is 11.0. The van der Waals surface area contributed by atoms with Crippen LogP contribution in [-0.2, 0) is 4.79 Å². The molecule has 5 heteroatoms. The number of nitrogens with one attached hydrogen (secondary N) is 1. The van der Waals surface area contributed by atoms with Crippen LogP contribution in [0.4, 0.5) is 0 Å². The van der Waals surface area contributed by atoms with Gasteiger partial charge in [0.1, 0.15) is 11.0 Å². The van der Waals surface area contributed by atoms with Crippen molar-refractivity contribution in [2.75, 3.05) is 7.05 Å². The lowest BCUT2D eigenvalue weighted by Crippen LogP contribution is -2.25. The zero-order valence-electron chi connectivity index (χ0n) is 10.2. The smallest absolute Gasteiger partial charge is 0.327 e. The summed E-state index contributed by atoms with van der Waals surface area (Å²) < 4.78 is 0. The van der Waals surface area contributed by atoms with E-state index >= 15 is 0 Å². The normalized spacial score (nSPS) is 12.3. The number of hydrogen-bond acceptors (Lipinski definition) is 4. The molecule has 94 valence electrons. The van der Waals surface area contributed by atoms with E-state index in [4.69, 9.17) is 5.11 Å². The van der Waals surface area contributed by atoms with E-state index in [2.05, 4.69) is 10.3 Å². The molecule has 1 aromatic heterocycles. The van der Waals surface area contributed by atoms with E-state index in [9.17, 15) is 4.79 Å². The number of carboxylic acid groups (broad SMARTS) is 1. The van der Waals surface area contributed by atoms with Crippen LogP contribution in [0.3, 0.4) is 0 Å². The largest absolute Gasteiger partial charge is 0.480 e. The fourth-order valence-corrected chi connectivity index (χ4v) is 2.50. The van der Waals surface area contributed by atoms with Crippen molar-refractivity contribution in [1.82, 2.24) is 10.3 Å². The minimum atomic E-state index is -0.918. The molecule has 0 saturated carbocycles. The number of rotatable bonds is 4. The van der Waals surface area contributed by atoms with E-state index in [1.165, 1.54) is 16.9 Å². The number of aliphatic carboxylic acids is 1. The van der Waals surface area contributed by atoms with Crippen LogP contribution in [0.1, 0.15) is 17.3 Å². The van der Waals surface area contributed by atoms with Gasteiger partial charge in [-0.15, -0.1) is 11.3 Å². The van der Waals surface area contributed by atoms with Crippen LogP contribution in [0.5, 0.6) is 0 Å². The van der Waals surface area contributed by atoms with E-state index in [1.54, 1.807) is 12.4 Å². The van der Waals surface area contributed by atoms with E-state index in [-0.39, 0.29) is 0 Å². The Kier molecular flexibility index (Phi) is 3.74. The first-order valence-corrected chi connectivity index (χ1v) is 6.42. The Morgan fingerprint density at radius 3 is 2.61 bits per heavy atom.